The van der Waals surface area contributed by atoms with Crippen LogP contribution in [0.15, 0.2) is 0 Å². The van der Waals surface area contributed by atoms with Crippen LogP contribution in [0.5, 0.6) is 0 Å². The van der Waals surface area contributed by atoms with Gasteiger partial charge in [0, 0.05) is 13.1 Å². The van der Waals surface area contributed by atoms with Gasteiger partial charge in [-0.1, -0.05) is 0 Å². The van der Waals surface area contributed by atoms with Gasteiger partial charge in [-0.15, -0.1) is 0 Å². The fourth-order valence-corrected chi connectivity index (χ4v) is 2.87. The van der Waals surface area contributed by atoms with Gasteiger partial charge in [0.15, 0.2) is 6.04 Å². The lowest BCUT2D eigenvalue weighted by Crippen LogP contribution is -2.96. The number of rotatable bonds is 4. The summed E-state index contributed by atoms with van der Waals surface area (Å²) in [6, 6.07) is -0.339. The molecule has 2 aliphatic rings. The molecule has 2 atom stereocenters. The first-order valence-electron chi connectivity index (χ1n) is 7.67. The van der Waals surface area contributed by atoms with Crippen LogP contribution in [0.3, 0.4) is 0 Å². The Morgan fingerprint density at radius 1 is 1.48 bits per heavy atom. The predicted molar refractivity (Wildman–Crippen MR) is 74.1 cm³/mol. The van der Waals surface area contributed by atoms with E-state index in [1.54, 1.807) is 11.8 Å². The van der Waals surface area contributed by atoms with Crippen molar-refractivity contribution in [1.29, 1.82) is 0 Å². The lowest BCUT2D eigenvalue weighted by molar-refractivity contribution is -0.678. The number of piperazine rings is 1. The van der Waals surface area contributed by atoms with Gasteiger partial charge in [-0.05, 0) is 19.8 Å². The summed E-state index contributed by atoms with van der Waals surface area (Å²) < 4.78 is 5.03. The van der Waals surface area contributed by atoms with Gasteiger partial charge in [-0.25, -0.2) is 0 Å². The fourth-order valence-electron chi connectivity index (χ4n) is 2.87. The lowest BCUT2D eigenvalue weighted by atomic mass is 9.97. The summed E-state index contributed by atoms with van der Waals surface area (Å²) in [7, 11) is 0. The van der Waals surface area contributed by atoms with Gasteiger partial charge in [0.2, 0.25) is 5.91 Å². The third kappa shape index (κ3) is 4.17. The average Bonchev–Trinajstić information content (AvgIpc) is 2.50. The second kappa shape index (κ2) is 7.40. The van der Waals surface area contributed by atoms with Crippen LogP contribution in [0.1, 0.15) is 26.2 Å². The molecular weight excluding hydrogens is 274 g/mol. The number of esters is 1. The zero-order valence-corrected chi connectivity index (χ0v) is 12.5. The van der Waals surface area contributed by atoms with Crippen molar-refractivity contribution in [2.24, 2.45) is 5.92 Å². The number of nitrogens with one attached hydrogen (secondary N) is 1. The molecule has 7 heteroatoms. The molecule has 2 aliphatic heterocycles. The molecule has 0 unspecified atom stereocenters. The molecule has 7 nitrogen and oxygen atoms in total. The second-order valence-electron chi connectivity index (χ2n) is 5.56. The number of quaternary nitrogens is 1. The highest BCUT2D eigenvalue weighted by Gasteiger charge is 2.33. The van der Waals surface area contributed by atoms with Crippen molar-refractivity contribution >= 4 is 17.8 Å². The van der Waals surface area contributed by atoms with E-state index in [9.17, 15) is 14.4 Å². The maximum absolute atomic E-state index is 12.3. The molecule has 0 saturated carbocycles. The predicted octanol–water partition coefficient (Wildman–Crippen LogP) is -1.76. The summed E-state index contributed by atoms with van der Waals surface area (Å²) in [6.07, 6.45) is 1.76. The standard InChI is InChI=1S/C14H23N3O4/c1-2-21-14(20)10-4-3-7-17(9-10)12(18)8-11-13(19)16-6-5-15-11/h10-11,15H,2-9H2,1H3,(H,16,19)/p+1/t10-,11-/m0/s1. The number of hydrogen-bond acceptors (Lipinski definition) is 4. The van der Waals surface area contributed by atoms with Gasteiger partial charge < -0.3 is 20.3 Å². The molecule has 0 aromatic carbocycles. The molecule has 0 aromatic heterocycles. The lowest BCUT2D eigenvalue weighted by Gasteiger charge is -2.32. The summed E-state index contributed by atoms with van der Waals surface area (Å²) >= 11 is 0. The highest BCUT2D eigenvalue weighted by Crippen LogP contribution is 2.18. The molecule has 2 amide bonds. The van der Waals surface area contributed by atoms with E-state index in [0.717, 1.165) is 19.4 Å². The van der Waals surface area contributed by atoms with Gasteiger partial charge in [0.25, 0.3) is 5.91 Å². The molecule has 3 N–H and O–H groups in total. The molecular formula is C14H24N3O4+. The van der Waals surface area contributed by atoms with Crippen molar-refractivity contribution in [3.8, 4) is 0 Å². The Labute approximate surface area is 124 Å². The van der Waals surface area contributed by atoms with Crippen LogP contribution in [-0.4, -0.2) is 61.5 Å². The highest BCUT2D eigenvalue weighted by molar-refractivity contribution is 5.87. The zero-order valence-electron chi connectivity index (χ0n) is 12.5. The Morgan fingerprint density at radius 2 is 2.29 bits per heavy atom. The van der Waals surface area contributed by atoms with Gasteiger partial charge >= 0.3 is 5.97 Å². The number of hydrogen-bond donors (Lipinski definition) is 2. The van der Waals surface area contributed by atoms with E-state index in [1.807, 2.05) is 5.32 Å². The molecule has 0 bridgehead atoms. The summed E-state index contributed by atoms with van der Waals surface area (Å²) in [4.78, 5) is 37.5. The van der Waals surface area contributed by atoms with Gasteiger partial charge in [0.1, 0.15) is 0 Å². The van der Waals surface area contributed by atoms with Crippen LogP contribution in [0.2, 0.25) is 0 Å². The Kier molecular flexibility index (Phi) is 5.55. The molecule has 0 radical (unpaired) electrons. The smallest absolute Gasteiger partial charge is 0.310 e. The number of nitrogens with two attached hydrogens (primary N) is 1. The quantitative estimate of drug-likeness (QED) is 0.602. The van der Waals surface area contributed by atoms with E-state index in [2.05, 4.69) is 5.32 Å². The summed E-state index contributed by atoms with van der Waals surface area (Å²) in [5.74, 6) is -0.584. The van der Waals surface area contributed by atoms with E-state index in [1.165, 1.54) is 0 Å². The van der Waals surface area contributed by atoms with Crippen molar-refractivity contribution in [1.82, 2.24) is 10.2 Å². The van der Waals surface area contributed by atoms with Gasteiger partial charge in [-0.3, -0.25) is 14.4 Å². The number of likely N-dealkylation sites (tertiary alicyclic amines) is 1. The first kappa shape index (κ1) is 15.8. The van der Waals surface area contributed by atoms with E-state index < -0.39 is 0 Å². The molecule has 118 valence electrons. The van der Waals surface area contributed by atoms with Crippen LogP contribution >= 0.6 is 0 Å². The molecule has 0 aliphatic carbocycles. The summed E-state index contributed by atoms with van der Waals surface area (Å²) in [5, 5.41) is 4.68. The monoisotopic (exact) mass is 298 g/mol. The normalized spacial score (nSPS) is 26.1. The highest BCUT2D eigenvalue weighted by atomic mass is 16.5. The molecule has 2 fully saturated rings. The van der Waals surface area contributed by atoms with Crippen molar-refractivity contribution in [3.63, 3.8) is 0 Å². The zero-order chi connectivity index (χ0) is 15.2. The SMILES string of the molecule is CCOC(=O)[C@H]1CCCN(C(=O)C[C@@H]2[NH2+]CCNC2=O)C1. The van der Waals surface area contributed by atoms with Crippen molar-refractivity contribution < 1.29 is 24.4 Å². The maximum Gasteiger partial charge on any atom is 0.310 e. The molecule has 21 heavy (non-hydrogen) atoms. The molecule has 2 saturated heterocycles. The van der Waals surface area contributed by atoms with Crippen LogP contribution in [0.25, 0.3) is 0 Å². The third-order valence-corrected chi connectivity index (χ3v) is 4.02. The molecule has 0 aromatic rings. The second-order valence-corrected chi connectivity index (χ2v) is 5.56. The minimum Gasteiger partial charge on any atom is -0.466 e. The molecule has 2 rings (SSSR count). The number of piperidine rings is 1. The minimum absolute atomic E-state index is 0.0534. The van der Waals surface area contributed by atoms with Gasteiger partial charge in [-0.2, -0.15) is 0 Å². The van der Waals surface area contributed by atoms with Crippen LogP contribution in [0, 0.1) is 5.92 Å². The summed E-state index contributed by atoms with van der Waals surface area (Å²) in [5.41, 5.74) is 0. The fraction of sp³-hybridized carbons (Fsp3) is 0.786. The number of amides is 2. The van der Waals surface area contributed by atoms with E-state index in [4.69, 9.17) is 4.74 Å². The average molecular weight is 298 g/mol. The third-order valence-electron chi connectivity index (χ3n) is 4.02. The van der Waals surface area contributed by atoms with Crippen molar-refractivity contribution in [2.75, 3.05) is 32.8 Å². The first-order chi connectivity index (χ1) is 10.1. The Balaban J connectivity index is 1.86. The maximum atomic E-state index is 12.3. The largest absolute Gasteiger partial charge is 0.466 e. The Morgan fingerprint density at radius 3 is 3.00 bits per heavy atom. The van der Waals surface area contributed by atoms with E-state index in [-0.39, 0.29) is 36.2 Å². The Hall–Kier alpha value is -1.63. The van der Waals surface area contributed by atoms with Gasteiger partial charge in [0.05, 0.1) is 32.0 Å². The summed E-state index contributed by atoms with van der Waals surface area (Å²) in [6.45, 7) is 4.66. The number of carbonyl (C=O) groups is 3. The topological polar surface area (TPSA) is 92.3 Å². The van der Waals surface area contributed by atoms with Crippen LogP contribution in [0.4, 0.5) is 0 Å². The van der Waals surface area contributed by atoms with Crippen LogP contribution in [-0.2, 0) is 19.1 Å². The number of nitrogens with zero attached hydrogens (tertiary/aromatic N) is 1. The number of carbonyl (C=O) groups excluding carboxylic acids is 3. The minimum atomic E-state index is -0.339. The van der Waals surface area contributed by atoms with Crippen LogP contribution < -0.4 is 10.6 Å². The molecule has 0 spiro atoms. The van der Waals surface area contributed by atoms with Crippen molar-refractivity contribution in [3.05, 3.63) is 0 Å². The van der Waals surface area contributed by atoms with E-state index in [0.29, 0.717) is 26.2 Å². The molecule has 2 heterocycles. The van der Waals surface area contributed by atoms with Crippen molar-refractivity contribution in [2.45, 2.75) is 32.2 Å². The number of ether oxygens (including phenoxy) is 1. The first-order valence-corrected chi connectivity index (χ1v) is 7.67. The van der Waals surface area contributed by atoms with E-state index >= 15 is 0 Å². The Bertz CT molecular complexity index is 413.